The third-order valence-corrected chi connectivity index (χ3v) is 3.08. The van der Waals surface area contributed by atoms with E-state index in [9.17, 15) is 9.90 Å². The first kappa shape index (κ1) is 13.8. The highest BCUT2D eigenvalue weighted by atomic mass is 16.3. The Hall–Kier alpha value is -3.21. The Labute approximate surface area is 127 Å². The minimum atomic E-state index is -0.284. The van der Waals surface area contributed by atoms with Gasteiger partial charge >= 0.3 is 0 Å². The van der Waals surface area contributed by atoms with Crippen LogP contribution in [0.2, 0.25) is 0 Å². The number of benzene rings is 2. The van der Waals surface area contributed by atoms with Crippen LogP contribution >= 0.6 is 0 Å². The van der Waals surface area contributed by atoms with Crippen LogP contribution in [0.25, 0.3) is 11.4 Å². The van der Waals surface area contributed by atoms with Crippen LogP contribution in [0, 0.1) is 0 Å². The molecule has 0 saturated heterocycles. The van der Waals surface area contributed by atoms with E-state index in [0.29, 0.717) is 22.6 Å². The van der Waals surface area contributed by atoms with E-state index in [1.54, 1.807) is 54.9 Å². The second kappa shape index (κ2) is 6.05. The SMILES string of the molecule is O=C(Nc1cccc(O)c1)c1ccccc1-c1ncccn1. The number of nitrogens with zero attached hydrogens (tertiary/aromatic N) is 2. The van der Waals surface area contributed by atoms with E-state index >= 15 is 0 Å². The summed E-state index contributed by atoms with van der Waals surface area (Å²) in [5.74, 6) is 0.301. The molecule has 0 spiro atoms. The van der Waals surface area contributed by atoms with Gasteiger partial charge < -0.3 is 10.4 Å². The molecule has 2 aromatic carbocycles. The molecule has 1 heterocycles. The van der Waals surface area contributed by atoms with Crippen molar-refractivity contribution >= 4 is 11.6 Å². The Balaban J connectivity index is 1.93. The molecule has 0 aliphatic heterocycles. The van der Waals surface area contributed by atoms with E-state index in [2.05, 4.69) is 15.3 Å². The standard InChI is InChI=1S/C17H13N3O2/c21-13-6-3-5-12(11-13)20-17(22)15-8-2-1-7-14(15)16-18-9-4-10-19-16/h1-11,21H,(H,20,22). The third kappa shape index (κ3) is 2.93. The van der Waals surface area contributed by atoms with Gasteiger partial charge in [-0.15, -0.1) is 0 Å². The maximum absolute atomic E-state index is 12.5. The molecule has 22 heavy (non-hydrogen) atoms. The second-order valence-corrected chi connectivity index (χ2v) is 4.62. The number of carbonyl (C=O) groups excluding carboxylic acids is 1. The number of hydrogen-bond donors (Lipinski definition) is 2. The molecule has 0 radical (unpaired) electrons. The predicted molar refractivity (Wildman–Crippen MR) is 83.5 cm³/mol. The summed E-state index contributed by atoms with van der Waals surface area (Å²) in [7, 11) is 0. The Kier molecular flexibility index (Phi) is 3.78. The van der Waals surface area contributed by atoms with E-state index < -0.39 is 0 Å². The highest BCUT2D eigenvalue weighted by Crippen LogP contribution is 2.22. The van der Waals surface area contributed by atoms with Crippen molar-refractivity contribution < 1.29 is 9.90 Å². The lowest BCUT2D eigenvalue weighted by atomic mass is 10.1. The smallest absolute Gasteiger partial charge is 0.256 e. The number of amides is 1. The van der Waals surface area contributed by atoms with E-state index in [-0.39, 0.29) is 11.7 Å². The highest BCUT2D eigenvalue weighted by Gasteiger charge is 2.14. The maximum Gasteiger partial charge on any atom is 0.256 e. The summed E-state index contributed by atoms with van der Waals surface area (Å²) < 4.78 is 0. The van der Waals surface area contributed by atoms with Crippen molar-refractivity contribution in [3.63, 3.8) is 0 Å². The number of anilines is 1. The van der Waals surface area contributed by atoms with Crippen molar-refractivity contribution in [3.8, 4) is 17.1 Å². The Bertz CT molecular complexity index is 804. The molecule has 5 nitrogen and oxygen atoms in total. The maximum atomic E-state index is 12.5. The summed E-state index contributed by atoms with van der Waals surface area (Å²) in [4.78, 5) is 20.8. The van der Waals surface area contributed by atoms with Gasteiger partial charge in [0.15, 0.2) is 5.82 Å². The molecule has 1 aromatic heterocycles. The van der Waals surface area contributed by atoms with Crippen LogP contribution in [0.4, 0.5) is 5.69 Å². The first-order valence-corrected chi connectivity index (χ1v) is 6.71. The number of phenolic OH excluding ortho intramolecular Hbond substituents is 1. The van der Waals surface area contributed by atoms with Crippen LogP contribution in [0.5, 0.6) is 5.75 Å². The fourth-order valence-corrected chi connectivity index (χ4v) is 2.10. The van der Waals surface area contributed by atoms with E-state index in [0.717, 1.165) is 0 Å². The summed E-state index contributed by atoms with van der Waals surface area (Å²) in [5.41, 5.74) is 1.64. The molecule has 1 amide bonds. The molecular formula is C17H13N3O2. The number of aromatic hydroxyl groups is 1. The fraction of sp³-hybridized carbons (Fsp3) is 0. The van der Waals surface area contributed by atoms with Crippen LogP contribution in [-0.4, -0.2) is 21.0 Å². The fourth-order valence-electron chi connectivity index (χ4n) is 2.10. The van der Waals surface area contributed by atoms with Crippen LogP contribution in [0.1, 0.15) is 10.4 Å². The first-order valence-electron chi connectivity index (χ1n) is 6.71. The second-order valence-electron chi connectivity index (χ2n) is 4.62. The molecular weight excluding hydrogens is 278 g/mol. The van der Waals surface area contributed by atoms with Gasteiger partial charge in [0, 0.05) is 29.7 Å². The predicted octanol–water partition coefficient (Wildman–Crippen LogP) is 3.10. The number of carbonyl (C=O) groups is 1. The average Bonchev–Trinajstić information content (AvgIpc) is 2.56. The van der Waals surface area contributed by atoms with Crippen LogP contribution in [0.3, 0.4) is 0 Å². The van der Waals surface area contributed by atoms with Gasteiger partial charge in [0.2, 0.25) is 0 Å². The minimum absolute atomic E-state index is 0.0949. The summed E-state index contributed by atoms with van der Waals surface area (Å²) in [6.07, 6.45) is 3.26. The lowest BCUT2D eigenvalue weighted by molar-refractivity contribution is 0.102. The number of aromatic nitrogens is 2. The van der Waals surface area contributed by atoms with Crippen molar-refractivity contribution in [2.24, 2.45) is 0 Å². The van der Waals surface area contributed by atoms with E-state index in [4.69, 9.17) is 0 Å². The van der Waals surface area contributed by atoms with Gasteiger partial charge in [0.1, 0.15) is 5.75 Å². The van der Waals surface area contributed by atoms with Crippen LogP contribution in [-0.2, 0) is 0 Å². The Morgan fingerprint density at radius 2 is 1.73 bits per heavy atom. The Morgan fingerprint density at radius 3 is 2.50 bits per heavy atom. The molecule has 108 valence electrons. The van der Waals surface area contributed by atoms with Crippen LogP contribution < -0.4 is 5.32 Å². The van der Waals surface area contributed by atoms with Crippen molar-refractivity contribution in [2.45, 2.75) is 0 Å². The summed E-state index contributed by atoms with van der Waals surface area (Å²) in [5, 5.41) is 12.2. The monoisotopic (exact) mass is 291 g/mol. The zero-order chi connectivity index (χ0) is 15.4. The number of rotatable bonds is 3. The van der Waals surface area contributed by atoms with Gasteiger partial charge in [-0.3, -0.25) is 4.79 Å². The zero-order valence-corrected chi connectivity index (χ0v) is 11.6. The van der Waals surface area contributed by atoms with Gasteiger partial charge in [0.05, 0.1) is 5.56 Å². The van der Waals surface area contributed by atoms with Gasteiger partial charge in [-0.2, -0.15) is 0 Å². The number of nitrogens with one attached hydrogen (secondary N) is 1. The van der Waals surface area contributed by atoms with Crippen molar-refractivity contribution in [2.75, 3.05) is 5.32 Å². The largest absolute Gasteiger partial charge is 0.508 e. The summed E-state index contributed by atoms with van der Waals surface area (Å²) >= 11 is 0. The van der Waals surface area contributed by atoms with Gasteiger partial charge in [-0.05, 0) is 24.3 Å². The van der Waals surface area contributed by atoms with E-state index in [1.165, 1.54) is 6.07 Å². The molecule has 2 N–H and O–H groups in total. The lowest BCUT2D eigenvalue weighted by Gasteiger charge is -2.09. The zero-order valence-electron chi connectivity index (χ0n) is 11.6. The van der Waals surface area contributed by atoms with Gasteiger partial charge in [-0.25, -0.2) is 9.97 Å². The molecule has 0 saturated carbocycles. The minimum Gasteiger partial charge on any atom is -0.508 e. The Morgan fingerprint density at radius 1 is 0.955 bits per heavy atom. The molecule has 0 aliphatic carbocycles. The van der Waals surface area contributed by atoms with Crippen molar-refractivity contribution in [1.82, 2.24) is 9.97 Å². The summed E-state index contributed by atoms with van der Waals surface area (Å²) in [6.45, 7) is 0. The van der Waals surface area contributed by atoms with Gasteiger partial charge in [-0.1, -0.05) is 24.3 Å². The third-order valence-electron chi connectivity index (χ3n) is 3.08. The topological polar surface area (TPSA) is 75.1 Å². The summed E-state index contributed by atoms with van der Waals surface area (Å²) in [6, 6.07) is 15.2. The van der Waals surface area contributed by atoms with Crippen LogP contribution in [0.15, 0.2) is 67.0 Å². The number of phenols is 1. The molecule has 0 unspecified atom stereocenters. The number of hydrogen-bond acceptors (Lipinski definition) is 4. The molecule has 0 bridgehead atoms. The van der Waals surface area contributed by atoms with Crippen molar-refractivity contribution in [3.05, 3.63) is 72.6 Å². The average molecular weight is 291 g/mol. The highest BCUT2D eigenvalue weighted by molar-refractivity contribution is 6.08. The normalized spacial score (nSPS) is 10.2. The molecule has 3 rings (SSSR count). The van der Waals surface area contributed by atoms with E-state index in [1.807, 2.05) is 6.07 Å². The molecule has 0 aliphatic rings. The molecule has 3 aromatic rings. The van der Waals surface area contributed by atoms with Gasteiger partial charge in [0.25, 0.3) is 5.91 Å². The van der Waals surface area contributed by atoms with Crippen molar-refractivity contribution in [1.29, 1.82) is 0 Å². The molecule has 5 heteroatoms. The molecule has 0 fully saturated rings. The quantitative estimate of drug-likeness (QED) is 0.777. The molecule has 0 atom stereocenters. The lowest BCUT2D eigenvalue weighted by Crippen LogP contribution is -2.13. The first-order chi connectivity index (χ1) is 10.7.